The van der Waals surface area contributed by atoms with Crippen molar-refractivity contribution in [2.45, 2.75) is 32.5 Å². The van der Waals surface area contributed by atoms with Gasteiger partial charge in [-0.15, -0.1) is 0 Å². The number of aromatic hydroxyl groups is 2. The summed E-state index contributed by atoms with van der Waals surface area (Å²) in [7, 11) is 0. The maximum atomic E-state index is 10.8. The molecule has 0 radical (unpaired) electrons. The Morgan fingerprint density at radius 1 is 0.576 bits per heavy atom. The van der Waals surface area contributed by atoms with Gasteiger partial charge >= 0.3 is 0 Å². The number of phenols is 2. The quantitative estimate of drug-likeness (QED) is 0.308. The summed E-state index contributed by atoms with van der Waals surface area (Å²) in [5, 5.41) is 41.4. The molecule has 0 aliphatic heterocycles. The topological polar surface area (TPSA) is 80.9 Å². The van der Waals surface area contributed by atoms with E-state index in [4.69, 9.17) is 0 Å². The summed E-state index contributed by atoms with van der Waals surface area (Å²) in [4.78, 5) is 0. The van der Waals surface area contributed by atoms with Gasteiger partial charge in [0, 0.05) is 27.7 Å². The van der Waals surface area contributed by atoms with Crippen LogP contribution in [0.15, 0.2) is 84.9 Å². The summed E-state index contributed by atoms with van der Waals surface area (Å²) in [6.07, 6.45) is 0. The number of rotatable bonds is 6. The van der Waals surface area contributed by atoms with E-state index in [0.717, 1.165) is 22.3 Å². The van der Waals surface area contributed by atoms with Gasteiger partial charge < -0.3 is 20.4 Å². The molecule has 4 N–H and O–H groups in total. The second-order valence-electron chi connectivity index (χ2n) is 8.74. The molecule has 0 bridgehead atoms. The van der Waals surface area contributed by atoms with Crippen LogP contribution in [0.4, 0.5) is 0 Å². The van der Waals surface area contributed by atoms with Gasteiger partial charge in [0.15, 0.2) is 0 Å². The molecule has 4 nitrogen and oxygen atoms in total. The van der Waals surface area contributed by atoms with Gasteiger partial charge in [-0.2, -0.15) is 0 Å². The molecule has 4 aromatic carbocycles. The Hall–Kier alpha value is -3.60. The first-order valence-corrected chi connectivity index (χ1v) is 10.9. The van der Waals surface area contributed by atoms with Crippen LogP contribution in [0.25, 0.3) is 22.3 Å². The van der Waals surface area contributed by atoms with E-state index in [0.29, 0.717) is 22.3 Å². The summed E-state index contributed by atoms with van der Waals surface area (Å²) >= 11 is 0. The predicted octanol–water partition coefficient (Wildman–Crippen LogP) is 5.74. The number of benzene rings is 4. The minimum Gasteiger partial charge on any atom is -0.507 e. The molecular formula is C29H28O4. The lowest BCUT2D eigenvalue weighted by Crippen LogP contribution is -2.20. The smallest absolute Gasteiger partial charge is 0.128 e. The van der Waals surface area contributed by atoms with E-state index in [1.54, 1.807) is 0 Å². The largest absolute Gasteiger partial charge is 0.507 e. The van der Waals surface area contributed by atoms with Gasteiger partial charge in [-0.05, 0) is 46.5 Å². The molecule has 0 saturated heterocycles. The van der Waals surface area contributed by atoms with E-state index in [2.05, 4.69) is 13.8 Å². The second-order valence-corrected chi connectivity index (χ2v) is 8.74. The Labute approximate surface area is 194 Å². The first-order chi connectivity index (χ1) is 15.9. The molecule has 0 spiro atoms. The molecule has 0 aromatic heterocycles. The molecule has 4 aromatic rings. The third-order valence-electron chi connectivity index (χ3n) is 6.33. The normalized spacial score (nSPS) is 11.5. The number of hydrogen-bond acceptors (Lipinski definition) is 4. The SMILES string of the molecule is CC(C)(c1cc(CO)c(O)c(-c2ccccc2)c1)c1cc(CO)c(O)c(-c2ccccc2)c1. The molecule has 33 heavy (non-hydrogen) atoms. The molecule has 0 fully saturated rings. The van der Waals surface area contributed by atoms with Crippen molar-refractivity contribution < 1.29 is 20.4 Å². The van der Waals surface area contributed by atoms with Crippen LogP contribution in [0.3, 0.4) is 0 Å². The fraction of sp³-hybridized carbons (Fsp3) is 0.172. The van der Waals surface area contributed by atoms with Gasteiger partial charge in [0.2, 0.25) is 0 Å². The van der Waals surface area contributed by atoms with Crippen molar-refractivity contribution >= 4 is 0 Å². The van der Waals surface area contributed by atoms with Crippen molar-refractivity contribution in [3.05, 3.63) is 107 Å². The highest BCUT2D eigenvalue weighted by molar-refractivity contribution is 5.75. The van der Waals surface area contributed by atoms with E-state index in [1.165, 1.54) is 0 Å². The summed E-state index contributed by atoms with van der Waals surface area (Å²) in [5.41, 5.74) is 5.15. The predicted molar refractivity (Wildman–Crippen MR) is 131 cm³/mol. The maximum absolute atomic E-state index is 10.8. The van der Waals surface area contributed by atoms with Gasteiger partial charge in [-0.1, -0.05) is 74.5 Å². The van der Waals surface area contributed by atoms with Crippen molar-refractivity contribution in [2.24, 2.45) is 0 Å². The lowest BCUT2D eigenvalue weighted by Gasteiger charge is -2.29. The van der Waals surface area contributed by atoms with Crippen LogP contribution in [-0.2, 0) is 18.6 Å². The monoisotopic (exact) mass is 440 g/mol. The Bertz CT molecular complexity index is 1160. The Morgan fingerprint density at radius 2 is 0.939 bits per heavy atom. The van der Waals surface area contributed by atoms with E-state index in [-0.39, 0.29) is 24.7 Å². The molecule has 0 amide bonds. The first-order valence-electron chi connectivity index (χ1n) is 10.9. The summed E-state index contributed by atoms with van der Waals surface area (Å²) in [5.74, 6) is 0.130. The summed E-state index contributed by atoms with van der Waals surface area (Å²) in [6.45, 7) is 3.53. The van der Waals surface area contributed by atoms with Crippen LogP contribution in [-0.4, -0.2) is 20.4 Å². The van der Waals surface area contributed by atoms with E-state index < -0.39 is 5.41 Å². The standard InChI is InChI=1S/C29H28O4/c1-29(2,23-13-21(17-30)27(32)25(15-23)19-9-5-3-6-10-19)24-14-22(18-31)28(33)26(16-24)20-11-7-4-8-12-20/h3-16,30-33H,17-18H2,1-2H3. The van der Waals surface area contributed by atoms with Crippen LogP contribution in [0, 0.1) is 0 Å². The van der Waals surface area contributed by atoms with Crippen molar-refractivity contribution in [1.82, 2.24) is 0 Å². The number of aliphatic hydroxyl groups is 2. The highest BCUT2D eigenvalue weighted by Gasteiger charge is 2.28. The number of hydrogen-bond donors (Lipinski definition) is 4. The zero-order valence-electron chi connectivity index (χ0n) is 18.8. The summed E-state index contributed by atoms with van der Waals surface area (Å²) < 4.78 is 0. The Morgan fingerprint density at radius 3 is 1.27 bits per heavy atom. The molecule has 0 aliphatic rings. The molecule has 168 valence electrons. The molecule has 0 unspecified atom stereocenters. The Kier molecular flexibility index (Phi) is 6.23. The average Bonchev–Trinajstić information content (AvgIpc) is 2.85. The van der Waals surface area contributed by atoms with Gasteiger partial charge in [0.25, 0.3) is 0 Å². The van der Waals surface area contributed by atoms with Crippen molar-refractivity contribution in [3.63, 3.8) is 0 Å². The van der Waals surface area contributed by atoms with Gasteiger partial charge in [-0.3, -0.25) is 0 Å². The third-order valence-corrected chi connectivity index (χ3v) is 6.33. The molecule has 4 heteroatoms. The minimum absolute atomic E-state index is 0.0648. The van der Waals surface area contributed by atoms with E-state index in [9.17, 15) is 20.4 Å². The molecule has 0 aliphatic carbocycles. The van der Waals surface area contributed by atoms with Gasteiger partial charge in [0.05, 0.1) is 13.2 Å². The van der Waals surface area contributed by atoms with Crippen molar-refractivity contribution in [1.29, 1.82) is 0 Å². The highest BCUT2D eigenvalue weighted by Crippen LogP contribution is 2.43. The zero-order valence-corrected chi connectivity index (χ0v) is 18.8. The lowest BCUT2D eigenvalue weighted by atomic mass is 9.75. The van der Waals surface area contributed by atoms with Crippen LogP contribution >= 0.6 is 0 Å². The van der Waals surface area contributed by atoms with E-state index >= 15 is 0 Å². The number of aliphatic hydroxyl groups excluding tert-OH is 2. The Balaban J connectivity index is 1.92. The maximum Gasteiger partial charge on any atom is 0.128 e. The van der Waals surface area contributed by atoms with Gasteiger partial charge in [0.1, 0.15) is 11.5 Å². The van der Waals surface area contributed by atoms with Crippen LogP contribution < -0.4 is 0 Å². The summed E-state index contributed by atoms with van der Waals surface area (Å²) in [6, 6.07) is 26.7. The highest BCUT2D eigenvalue weighted by atomic mass is 16.3. The second kappa shape index (κ2) is 9.10. The fourth-order valence-corrected chi connectivity index (χ4v) is 4.19. The molecule has 0 atom stereocenters. The molecular weight excluding hydrogens is 412 g/mol. The lowest BCUT2D eigenvalue weighted by molar-refractivity contribution is 0.275. The van der Waals surface area contributed by atoms with Gasteiger partial charge in [-0.25, -0.2) is 0 Å². The van der Waals surface area contributed by atoms with Crippen LogP contribution in [0.1, 0.15) is 36.1 Å². The first kappa shape index (κ1) is 22.6. The average molecular weight is 441 g/mol. The van der Waals surface area contributed by atoms with Crippen molar-refractivity contribution in [2.75, 3.05) is 0 Å². The minimum atomic E-state index is -0.553. The van der Waals surface area contributed by atoms with Crippen LogP contribution in [0.2, 0.25) is 0 Å². The zero-order chi connectivity index (χ0) is 23.6. The van der Waals surface area contributed by atoms with Crippen LogP contribution in [0.5, 0.6) is 11.5 Å². The molecule has 0 heterocycles. The third kappa shape index (κ3) is 4.23. The fourth-order valence-electron chi connectivity index (χ4n) is 4.19. The molecule has 0 saturated carbocycles. The van der Waals surface area contributed by atoms with Crippen molar-refractivity contribution in [3.8, 4) is 33.8 Å². The van der Waals surface area contributed by atoms with E-state index in [1.807, 2.05) is 84.9 Å². The molecule has 4 rings (SSSR count).